The Labute approximate surface area is 167 Å². The number of nitrogens with one attached hydrogen (secondary N) is 1. The van der Waals surface area contributed by atoms with Gasteiger partial charge in [-0.25, -0.2) is 8.78 Å². The fourth-order valence-electron chi connectivity index (χ4n) is 3.10. The van der Waals surface area contributed by atoms with Gasteiger partial charge in [0.05, 0.1) is 10.7 Å². The Hall–Kier alpha value is -2.61. The Kier molecular flexibility index (Phi) is 7.39. The average molecular weight is 409 g/mol. The van der Waals surface area contributed by atoms with Gasteiger partial charge in [-0.3, -0.25) is 4.79 Å². The number of benzene rings is 1. The van der Waals surface area contributed by atoms with Crippen LogP contribution in [0.2, 0.25) is 0 Å². The summed E-state index contributed by atoms with van der Waals surface area (Å²) >= 11 is 1.07. The summed E-state index contributed by atoms with van der Waals surface area (Å²) in [5, 5.41) is 3.00. The third-order valence-electron chi connectivity index (χ3n) is 4.46. The van der Waals surface area contributed by atoms with Crippen LogP contribution in [0.15, 0.2) is 23.9 Å². The topological polar surface area (TPSA) is 107 Å². The third kappa shape index (κ3) is 4.44. The van der Waals surface area contributed by atoms with Gasteiger partial charge >= 0.3 is 0 Å². The van der Waals surface area contributed by atoms with Crippen LogP contribution in [0.5, 0.6) is 0 Å². The number of amides is 1. The minimum absolute atomic E-state index is 0.0564. The number of anilines is 2. The minimum atomic E-state index is -0.979. The molecule has 1 aliphatic rings. The predicted molar refractivity (Wildman–Crippen MR) is 112 cm³/mol. The van der Waals surface area contributed by atoms with E-state index in [1.807, 2.05) is 13.8 Å². The number of rotatable bonds is 4. The van der Waals surface area contributed by atoms with Gasteiger partial charge in [0.15, 0.2) is 11.6 Å². The largest absolute Gasteiger partial charge is 0.402 e. The second-order valence-corrected chi connectivity index (χ2v) is 7.24. The average Bonchev–Trinajstić information content (AvgIpc) is 2.99. The van der Waals surface area contributed by atoms with E-state index in [1.165, 1.54) is 12.1 Å². The molecular weight excluding hydrogens is 382 g/mol. The number of hydrogen-bond donors (Lipinski definition) is 4. The lowest BCUT2D eigenvalue weighted by molar-refractivity contribution is 0.0955. The standard InChI is InChI=1S/C18H20F2N4OS.C2H6/c19-11-6-3-4-9(14(11)20)8-24-18(25)16-15(22)13(17(23)26-16)10-5-1-2-7-12(10)21;1-2/h3-4,6H,1-2,5,7-8,21-23H2,(H,24,25);1-2H3. The number of halogens is 2. The van der Waals surface area contributed by atoms with Gasteiger partial charge in [-0.2, -0.15) is 0 Å². The van der Waals surface area contributed by atoms with E-state index >= 15 is 0 Å². The highest BCUT2D eigenvalue weighted by molar-refractivity contribution is 7.18. The van der Waals surface area contributed by atoms with Crippen molar-refractivity contribution in [3.8, 4) is 0 Å². The monoisotopic (exact) mass is 408 g/mol. The lowest BCUT2D eigenvalue weighted by Crippen LogP contribution is -2.23. The van der Waals surface area contributed by atoms with Crippen LogP contribution in [0.25, 0.3) is 5.57 Å². The summed E-state index contributed by atoms with van der Waals surface area (Å²) in [4.78, 5) is 12.7. The molecule has 8 heteroatoms. The second-order valence-electron chi connectivity index (χ2n) is 6.19. The van der Waals surface area contributed by atoms with Crippen molar-refractivity contribution in [2.24, 2.45) is 5.73 Å². The molecule has 0 atom stereocenters. The van der Waals surface area contributed by atoms with E-state index in [-0.39, 0.29) is 22.7 Å². The molecule has 0 spiro atoms. The zero-order valence-corrected chi connectivity index (χ0v) is 16.9. The summed E-state index contributed by atoms with van der Waals surface area (Å²) in [6, 6.07) is 3.81. The molecule has 0 radical (unpaired) electrons. The molecule has 0 aliphatic heterocycles. The van der Waals surface area contributed by atoms with E-state index in [0.29, 0.717) is 10.6 Å². The van der Waals surface area contributed by atoms with Gasteiger partial charge in [0.2, 0.25) is 0 Å². The molecule has 0 unspecified atom stereocenters. The summed E-state index contributed by atoms with van der Waals surface area (Å²) in [6.45, 7) is 3.85. The Balaban J connectivity index is 0.00000136. The molecule has 28 heavy (non-hydrogen) atoms. The van der Waals surface area contributed by atoms with Crippen LogP contribution < -0.4 is 22.5 Å². The molecule has 0 bridgehead atoms. The summed E-state index contributed by atoms with van der Waals surface area (Å²) < 4.78 is 26.9. The van der Waals surface area contributed by atoms with Gasteiger partial charge in [0, 0.05) is 23.4 Å². The lowest BCUT2D eigenvalue weighted by Gasteiger charge is -2.18. The van der Waals surface area contributed by atoms with Gasteiger partial charge in [-0.15, -0.1) is 11.3 Å². The molecule has 2 aromatic rings. The fourth-order valence-corrected chi connectivity index (χ4v) is 4.03. The number of carbonyl (C=O) groups excluding carboxylic acids is 1. The second kappa shape index (κ2) is 9.54. The van der Waals surface area contributed by atoms with E-state index in [1.54, 1.807) is 0 Å². The van der Waals surface area contributed by atoms with E-state index in [0.717, 1.165) is 54.4 Å². The molecule has 1 aromatic carbocycles. The van der Waals surface area contributed by atoms with Crippen molar-refractivity contribution < 1.29 is 13.6 Å². The van der Waals surface area contributed by atoms with Crippen LogP contribution in [0, 0.1) is 11.6 Å². The maximum absolute atomic E-state index is 13.7. The van der Waals surface area contributed by atoms with Crippen molar-refractivity contribution in [1.29, 1.82) is 0 Å². The van der Waals surface area contributed by atoms with Crippen molar-refractivity contribution in [3.63, 3.8) is 0 Å². The Morgan fingerprint density at radius 1 is 1.14 bits per heavy atom. The molecule has 1 amide bonds. The van der Waals surface area contributed by atoms with E-state index in [4.69, 9.17) is 17.2 Å². The first-order valence-corrected chi connectivity index (χ1v) is 10.1. The van der Waals surface area contributed by atoms with Gasteiger partial charge in [0.1, 0.15) is 4.88 Å². The van der Waals surface area contributed by atoms with Crippen molar-refractivity contribution >= 4 is 33.5 Å². The maximum atomic E-state index is 13.7. The van der Waals surface area contributed by atoms with Crippen LogP contribution >= 0.6 is 11.3 Å². The minimum Gasteiger partial charge on any atom is -0.402 e. The SMILES string of the molecule is CC.NC1=C(c2c(N)sc(C(=O)NCc3cccc(F)c3F)c2N)CCCC1. The first kappa shape index (κ1) is 21.7. The molecule has 0 saturated carbocycles. The molecule has 1 aromatic heterocycles. The first-order valence-electron chi connectivity index (χ1n) is 9.26. The zero-order chi connectivity index (χ0) is 20.8. The van der Waals surface area contributed by atoms with Gasteiger partial charge < -0.3 is 22.5 Å². The lowest BCUT2D eigenvalue weighted by atomic mass is 9.91. The van der Waals surface area contributed by atoms with E-state index in [9.17, 15) is 13.6 Å². The Morgan fingerprint density at radius 2 is 1.82 bits per heavy atom. The number of carbonyl (C=O) groups is 1. The fraction of sp³-hybridized carbons (Fsp3) is 0.350. The van der Waals surface area contributed by atoms with E-state index in [2.05, 4.69) is 5.32 Å². The maximum Gasteiger partial charge on any atom is 0.263 e. The third-order valence-corrected chi connectivity index (χ3v) is 5.50. The molecule has 0 fully saturated rings. The van der Waals surface area contributed by atoms with E-state index < -0.39 is 17.5 Å². The molecule has 152 valence electrons. The molecule has 1 heterocycles. The zero-order valence-electron chi connectivity index (χ0n) is 16.1. The molecule has 0 saturated heterocycles. The normalized spacial score (nSPS) is 13.7. The molecule has 3 rings (SSSR count). The first-order chi connectivity index (χ1) is 13.4. The number of nitrogen functional groups attached to an aromatic ring is 2. The number of thiophene rings is 1. The number of nitrogens with two attached hydrogens (primary N) is 3. The summed E-state index contributed by atoms with van der Waals surface area (Å²) in [6.07, 6.45) is 3.56. The van der Waals surface area contributed by atoms with Crippen LogP contribution in [0.4, 0.5) is 19.5 Å². The summed E-state index contributed by atoms with van der Waals surface area (Å²) in [7, 11) is 0. The van der Waals surface area contributed by atoms with Crippen molar-refractivity contribution in [3.05, 3.63) is 51.5 Å². The molecular formula is C20H26F2N4OS. The predicted octanol–water partition coefficient (Wildman–Crippen LogP) is 4.39. The highest BCUT2D eigenvalue weighted by Gasteiger charge is 2.24. The number of hydrogen-bond acceptors (Lipinski definition) is 5. The van der Waals surface area contributed by atoms with Gasteiger partial charge in [-0.1, -0.05) is 26.0 Å². The number of allylic oxidation sites excluding steroid dienone is 2. The molecule has 1 aliphatic carbocycles. The van der Waals surface area contributed by atoms with Crippen molar-refractivity contribution in [2.45, 2.75) is 46.1 Å². The van der Waals surface area contributed by atoms with Crippen LogP contribution in [-0.2, 0) is 6.54 Å². The van der Waals surface area contributed by atoms with Crippen molar-refractivity contribution in [1.82, 2.24) is 5.32 Å². The van der Waals surface area contributed by atoms with Crippen LogP contribution in [-0.4, -0.2) is 5.91 Å². The highest BCUT2D eigenvalue weighted by atomic mass is 32.1. The highest BCUT2D eigenvalue weighted by Crippen LogP contribution is 2.42. The van der Waals surface area contributed by atoms with Crippen molar-refractivity contribution in [2.75, 3.05) is 11.5 Å². The summed E-state index contributed by atoms with van der Waals surface area (Å²) in [5.74, 6) is -2.42. The quantitative estimate of drug-likeness (QED) is 0.602. The van der Waals surface area contributed by atoms with Crippen LogP contribution in [0.1, 0.15) is 60.3 Å². The Morgan fingerprint density at radius 3 is 2.50 bits per heavy atom. The van der Waals surface area contributed by atoms with Gasteiger partial charge in [-0.05, 0) is 37.3 Å². The smallest absolute Gasteiger partial charge is 0.263 e. The van der Waals surface area contributed by atoms with Crippen LogP contribution in [0.3, 0.4) is 0 Å². The Bertz CT molecular complexity index is 893. The van der Waals surface area contributed by atoms with Gasteiger partial charge in [0.25, 0.3) is 5.91 Å². The molecule has 5 nitrogen and oxygen atoms in total. The molecule has 7 N–H and O–H groups in total. The summed E-state index contributed by atoms with van der Waals surface area (Å²) in [5.41, 5.74) is 21.0.